The van der Waals surface area contributed by atoms with Crippen molar-refractivity contribution >= 4 is 16.7 Å². The minimum Gasteiger partial charge on any atom is -0.485 e. The van der Waals surface area contributed by atoms with Crippen LogP contribution in [0.5, 0.6) is 5.75 Å². The molecule has 1 amide bonds. The van der Waals surface area contributed by atoms with Crippen molar-refractivity contribution in [3.8, 4) is 5.75 Å². The molecule has 0 fully saturated rings. The number of aromatic amines is 1. The lowest BCUT2D eigenvalue weighted by Gasteiger charge is -2.09. The maximum atomic E-state index is 11.0. The number of amides is 1. The molecule has 0 unspecified atom stereocenters. The number of nitrogens with zero attached hydrogens (tertiary/aromatic N) is 3. The quantitative estimate of drug-likeness (QED) is 0.721. The summed E-state index contributed by atoms with van der Waals surface area (Å²) in [4.78, 5) is 11.0. The maximum Gasteiger partial charge on any atom is 0.216 e. The molecular weight excluding hydrogens is 294 g/mol. The molecule has 0 aliphatic carbocycles. The van der Waals surface area contributed by atoms with Crippen LogP contribution in [0.25, 0.3) is 10.8 Å². The molecule has 7 heteroatoms. The molecule has 0 saturated heterocycles. The first-order valence-electron chi connectivity index (χ1n) is 7.33. The van der Waals surface area contributed by atoms with Crippen molar-refractivity contribution in [3.63, 3.8) is 0 Å². The predicted molar refractivity (Wildman–Crippen MR) is 84.8 cm³/mol. The summed E-state index contributed by atoms with van der Waals surface area (Å²) in [7, 11) is 0. The van der Waals surface area contributed by atoms with E-state index in [-0.39, 0.29) is 12.5 Å². The van der Waals surface area contributed by atoms with E-state index < -0.39 is 0 Å². The Morgan fingerprint density at radius 3 is 3.00 bits per heavy atom. The summed E-state index contributed by atoms with van der Waals surface area (Å²) in [5.41, 5.74) is 1.20. The fraction of sp³-hybridized carbons (Fsp3) is 0.250. The van der Waals surface area contributed by atoms with Gasteiger partial charge in [0.2, 0.25) is 11.7 Å². The van der Waals surface area contributed by atoms with E-state index in [1.165, 1.54) is 12.5 Å². The second-order valence-corrected chi connectivity index (χ2v) is 5.15. The highest BCUT2D eigenvalue weighted by molar-refractivity contribution is 5.87. The summed E-state index contributed by atoms with van der Waals surface area (Å²) in [6.45, 7) is 2.42. The van der Waals surface area contributed by atoms with Crippen molar-refractivity contribution in [1.82, 2.24) is 25.9 Å². The lowest BCUT2D eigenvalue weighted by Crippen LogP contribution is -2.22. The van der Waals surface area contributed by atoms with Crippen molar-refractivity contribution in [2.24, 2.45) is 0 Å². The van der Waals surface area contributed by atoms with Gasteiger partial charge in [0.25, 0.3) is 0 Å². The van der Waals surface area contributed by atoms with Crippen LogP contribution in [0.4, 0.5) is 0 Å². The molecular formula is C16H17N5O2. The predicted octanol–water partition coefficient (Wildman–Crippen LogP) is 1.61. The number of carbonyl (C=O) groups excluding carboxylic acids is 1. The highest BCUT2D eigenvalue weighted by Crippen LogP contribution is 2.24. The first-order valence-corrected chi connectivity index (χ1v) is 7.33. The number of benzene rings is 2. The van der Waals surface area contributed by atoms with Crippen LogP contribution >= 0.6 is 0 Å². The Balaban J connectivity index is 1.73. The topological polar surface area (TPSA) is 92.8 Å². The van der Waals surface area contributed by atoms with Gasteiger partial charge in [-0.05, 0) is 34.9 Å². The van der Waals surface area contributed by atoms with Gasteiger partial charge in [-0.15, -0.1) is 10.2 Å². The van der Waals surface area contributed by atoms with E-state index in [0.29, 0.717) is 12.4 Å². The number of carbonyl (C=O) groups is 1. The zero-order valence-electron chi connectivity index (χ0n) is 12.7. The normalized spacial score (nSPS) is 10.7. The molecule has 118 valence electrons. The van der Waals surface area contributed by atoms with E-state index >= 15 is 0 Å². The summed E-state index contributed by atoms with van der Waals surface area (Å²) in [6.07, 6.45) is 0.792. The Morgan fingerprint density at radius 2 is 2.22 bits per heavy atom. The monoisotopic (exact) mass is 311 g/mol. The molecule has 2 N–H and O–H groups in total. The van der Waals surface area contributed by atoms with Crippen LogP contribution in [0.1, 0.15) is 18.3 Å². The number of rotatable bonds is 6. The van der Waals surface area contributed by atoms with Gasteiger partial charge in [-0.3, -0.25) is 4.79 Å². The van der Waals surface area contributed by atoms with Gasteiger partial charge in [0.05, 0.1) is 0 Å². The zero-order valence-corrected chi connectivity index (χ0v) is 12.7. The number of tetrazole rings is 1. The Kier molecular flexibility index (Phi) is 4.46. The minimum atomic E-state index is -0.0117. The van der Waals surface area contributed by atoms with E-state index in [0.717, 1.165) is 22.9 Å². The van der Waals surface area contributed by atoms with Crippen LogP contribution in [0.2, 0.25) is 0 Å². The molecule has 0 bridgehead atoms. The van der Waals surface area contributed by atoms with Gasteiger partial charge in [-0.1, -0.05) is 29.5 Å². The summed E-state index contributed by atoms with van der Waals surface area (Å²) in [5, 5.41) is 18.6. The van der Waals surface area contributed by atoms with Gasteiger partial charge >= 0.3 is 0 Å². The lowest BCUT2D eigenvalue weighted by molar-refractivity contribution is -0.118. The third kappa shape index (κ3) is 3.82. The Hall–Kier alpha value is -2.96. The highest BCUT2D eigenvalue weighted by atomic mass is 16.5. The molecule has 3 rings (SSSR count). The van der Waals surface area contributed by atoms with Crippen molar-refractivity contribution in [1.29, 1.82) is 0 Å². The number of hydrogen-bond acceptors (Lipinski definition) is 5. The van der Waals surface area contributed by atoms with Crippen LogP contribution in [0.15, 0.2) is 36.4 Å². The van der Waals surface area contributed by atoms with E-state index in [9.17, 15) is 4.79 Å². The average Bonchev–Trinajstić information content (AvgIpc) is 3.06. The SMILES string of the molecule is CC(=O)NCCc1cccc2cc(OCc3nn[nH]n3)ccc12. The highest BCUT2D eigenvalue weighted by Gasteiger charge is 2.05. The molecule has 1 aromatic heterocycles. The summed E-state index contributed by atoms with van der Waals surface area (Å²) in [6, 6.07) is 12.1. The molecule has 0 saturated carbocycles. The van der Waals surface area contributed by atoms with Crippen molar-refractivity contribution < 1.29 is 9.53 Å². The first-order chi connectivity index (χ1) is 11.2. The summed E-state index contributed by atoms with van der Waals surface area (Å²) >= 11 is 0. The molecule has 0 aliphatic rings. The molecule has 1 heterocycles. The third-order valence-electron chi connectivity index (χ3n) is 3.47. The smallest absolute Gasteiger partial charge is 0.216 e. The van der Waals surface area contributed by atoms with Crippen molar-refractivity contribution in [3.05, 3.63) is 47.8 Å². The van der Waals surface area contributed by atoms with Gasteiger partial charge in [-0.2, -0.15) is 5.21 Å². The zero-order chi connectivity index (χ0) is 16.1. The number of hydrogen-bond donors (Lipinski definition) is 2. The lowest BCUT2D eigenvalue weighted by atomic mass is 10.0. The number of fused-ring (bicyclic) bond motifs is 1. The fourth-order valence-electron chi connectivity index (χ4n) is 2.40. The molecule has 0 radical (unpaired) electrons. The van der Waals surface area contributed by atoms with Gasteiger partial charge in [0.15, 0.2) is 6.61 Å². The van der Waals surface area contributed by atoms with Gasteiger partial charge in [0.1, 0.15) is 5.75 Å². The fourth-order valence-corrected chi connectivity index (χ4v) is 2.40. The standard InChI is InChI=1S/C16H17N5O2/c1-11(22)17-8-7-12-3-2-4-13-9-14(5-6-15(12)13)23-10-16-18-20-21-19-16/h2-6,9H,7-8,10H2,1H3,(H,17,22)(H,18,19,20,21). The molecule has 2 aromatic carbocycles. The van der Waals surface area contributed by atoms with Crippen LogP contribution < -0.4 is 10.1 Å². The number of nitrogens with one attached hydrogen (secondary N) is 2. The first kappa shape index (κ1) is 15.0. The Bertz CT molecular complexity index is 801. The number of H-pyrrole nitrogens is 1. The average molecular weight is 311 g/mol. The second-order valence-electron chi connectivity index (χ2n) is 5.15. The molecule has 0 aliphatic heterocycles. The van der Waals surface area contributed by atoms with Crippen LogP contribution in [-0.4, -0.2) is 33.1 Å². The van der Waals surface area contributed by atoms with Gasteiger partial charge < -0.3 is 10.1 Å². The molecule has 7 nitrogen and oxygen atoms in total. The number of ether oxygens (including phenoxy) is 1. The van der Waals surface area contributed by atoms with Crippen molar-refractivity contribution in [2.45, 2.75) is 20.0 Å². The number of aromatic nitrogens is 4. The van der Waals surface area contributed by atoms with E-state index in [4.69, 9.17) is 4.74 Å². The summed E-state index contributed by atoms with van der Waals surface area (Å²) in [5.74, 6) is 1.25. The van der Waals surface area contributed by atoms with Gasteiger partial charge in [0, 0.05) is 13.5 Å². The van der Waals surface area contributed by atoms with E-state index in [1.807, 2.05) is 30.3 Å². The van der Waals surface area contributed by atoms with E-state index in [2.05, 4.69) is 32.0 Å². The summed E-state index contributed by atoms with van der Waals surface area (Å²) < 4.78 is 5.67. The second kappa shape index (κ2) is 6.87. The van der Waals surface area contributed by atoms with Crippen molar-refractivity contribution in [2.75, 3.05) is 6.54 Å². The largest absolute Gasteiger partial charge is 0.485 e. The Morgan fingerprint density at radius 1 is 1.30 bits per heavy atom. The van der Waals surface area contributed by atoms with E-state index in [1.54, 1.807) is 0 Å². The third-order valence-corrected chi connectivity index (χ3v) is 3.47. The minimum absolute atomic E-state index is 0.0117. The Labute approximate surface area is 133 Å². The maximum absolute atomic E-state index is 11.0. The molecule has 0 spiro atoms. The molecule has 3 aromatic rings. The van der Waals surface area contributed by atoms with Gasteiger partial charge in [-0.25, -0.2) is 0 Å². The van der Waals surface area contributed by atoms with Crippen LogP contribution in [0.3, 0.4) is 0 Å². The molecule has 23 heavy (non-hydrogen) atoms. The van der Waals surface area contributed by atoms with Crippen LogP contribution in [-0.2, 0) is 17.8 Å². The molecule has 0 atom stereocenters. The van der Waals surface area contributed by atoms with Crippen LogP contribution in [0, 0.1) is 0 Å².